The summed E-state index contributed by atoms with van der Waals surface area (Å²) in [6.07, 6.45) is 5.80. The summed E-state index contributed by atoms with van der Waals surface area (Å²) in [5.74, 6) is -1.32. The van der Waals surface area contributed by atoms with Crippen LogP contribution < -0.4 is 11.5 Å². The molecule has 0 heterocycles. The molecule has 4 N–H and O–H groups in total. The number of guanidine groups is 1. The van der Waals surface area contributed by atoms with Crippen molar-refractivity contribution in [3.8, 4) is 0 Å². The molecule has 2 fully saturated rings. The Bertz CT molecular complexity index is 1830. The lowest BCUT2D eigenvalue weighted by molar-refractivity contribution is -0.388. The van der Waals surface area contributed by atoms with E-state index in [1.165, 1.54) is 12.1 Å². The number of nitrogens with zero attached hydrogens (tertiary/aromatic N) is 3. The van der Waals surface area contributed by atoms with Gasteiger partial charge < -0.3 is 11.5 Å². The lowest BCUT2D eigenvalue weighted by Gasteiger charge is -2.14. The van der Waals surface area contributed by atoms with E-state index in [0.29, 0.717) is 49.7 Å². The summed E-state index contributed by atoms with van der Waals surface area (Å²) in [5, 5.41) is 20.6. The van der Waals surface area contributed by atoms with Crippen molar-refractivity contribution < 1.29 is 36.3 Å². The molecule has 0 radical (unpaired) electrons. The van der Waals surface area contributed by atoms with Crippen molar-refractivity contribution >= 4 is 59.8 Å². The monoisotopic (exact) mass is 713 g/mol. The number of carbonyl (C=O) groups excluding carboxylic acids is 2. The fraction of sp³-hybridized carbons (Fsp3) is 0.483. The van der Waals surface area contributed by atoms with E-state index in [4.69, 9.17) is 23.1 Å². The van der Waals surface area contributed by atoms with Crippen LogP contribution in [0.4, 0.5) is 11.4 Å². The number of hydrogen-bond acceptors (Lipinski definition) is 10. The molecule has 4 rings (SSSR count). The minimum absolute atomic E-state index is 0.0127. The minimum atomic E-state index is -3.85. The molecule has 256 valence electrons. The summed E-state index contributed by atoms with van der Waals surface area (Å²) < 4.78 is 51.0. The van der Waals surface area contributed by atoms with Crippen LogP contribution in [0.1, 0.15) is 97.1 Å². The number of carbonyl (C=O) groups is 2. The van der Waals surface area contributed by atoms with E-state index in [1.807, 2.05) is 0 Å². The second-order valence-corrected chi connectivity index (χ2v) is 15.9. The van der Waals surface area contributed by atoms with Crippen LogP contribution in [0.2, 0.25) is 0 Å². The Balaban J connectivity index is 0.000000257. The number of aliphatic imine (C=N–C) groups is 1. The van der Waals surface area contributed by atoms with Crippen LogP contribution in [0.25, 0.3) is 0 Å². The van der Waals surface area contributed by atoms with Crippen LogP contribution in [0.15, 0.2) is 39.0 Å². The van der Waals surface area contributed by atoms with Crippen molar-refractivity contribution in [3.05, 3.63) is 66.7 Å². The Morgan fingerprint density at radius 3 is 1.45 bits per heavy atom. The second-order valence-electron chi connectivity index (χ2n) is 11.2. The van der Waals surface area contributed by atoms with Gasteiger partial charge in [-0.1, -0.05) is 39.5 Å². The van der Waals surface area contributed by atoms with Gasteiger partial charge in [0, 0.05) is 17.7 Å². The Kier molecular flexibility index (Phi) is 12.2. The van der Waals surface area contributed by atoms with Crippen LogP contribution >= 0.6 is 11.6 Å². The van der Waals surface area contributed by atoms with Gasteiger partial charge in [-0.3, -0.25) is 29.8 Å². The molecule has 2 aromatic rings. The summed E-state index contributed by atoms with van der Waals surface area (Å²) in [5.41, 5.74) is 9.82. The van der Waals surface area contributed by atoms with Gasteiger partial charge in [-0.25, -0.2) is 16.8 Å². The molecule has 47 heavy (non-hydrogen) atoms. The zero-order valence-corrected chi connectivity index (χ0v) is 28.2. The summed E-state index contributed by atoms with van der Waals surface area (Å²) in [4.78, 5) is 47.4. The molecule has 15 nitrogen and oxygen atoms in total. The lowest BCUT2D eigenvalue weighted by Crippen LogP contribution is -2.24. The average Bonchev–Trinajstić information content (AvgIpc) is 3.75. The Labute approximate surface area is 276 Å². The van der Waals surface area contributed by atoms with Crippen molar-refractivity contribution in [2.24, 2.45) is 16.5 Å². The Morgan fingerprint density at radius 2 is 1.13 bits per heavy atom. The maximum atomic E-state index is 12.8. The number of amides is 1. The van der Waals surface area contributed by atoms with E-state index < -0.39 is 68.5 Å². The molecule has 2 aliphatic carbocycles. The maximum absolute atomic E-state index is 12.8. The third kappa shape index (κ3) is 8.31. The first kappa shape index (κ1) is 37.5. The zero-order valence-electron chi connectivity index (χ0n) is 25.8. The fourth-order valence-corrected chi connectivity index (χ4v) is 10.1. The van der Waals surface area contributed by atoms with E-state index in [0.717, 1.165) is 37.8 Å². The maximum Gasteiger partial charge on any atom is 0.288 e. The smallest absolute Gasteiger partial charge is 0.288 e. The van der Waals surface area contributed by atoms with Gasteiger partial charge in [0.2, 0.25) is 0 Å². The predicted octanol–water partition coefficient (Wildman–Crippen LogP) is 4.54. The number of benzene rings is 2. The molecule has 0 aromatic heterocycles. The molecule has 0 saturated heterocycles. The number of rotatable bonds is 10. The van der Waals surface area contributed by atoms with E-state index in [9.17, 15) is 46.7 Å². The highest BCUT2D eigenvalue weighted by Gasteiger charge is 2.38. The van der Waals surface area contributed by atoms with Gasteiger partial charge in [0.25, 0.3) is 22.5 Å². The van der Waals surface area contributed by atoms with Gasteiger partial charge >= 0.3 is 0 Å². The molecule has 1 amide bonds. The van der Waals surface area contributed by atoms with Crippen molar-refractivity contribution in [1.29, 1.82) is 0 Å². The fourth-order valence-electron chi connectivity index (χ4n) is 5.86. The first-order chi connectivity index (χ1) is 22.0. The third-order valence-corrected chi connectivity index (χ3v) is 13.1. The quantitative estimate of drug-likeness (QED) is 0.113. The molecule has 0 unspecified atom stereocenters. The van der Waals surface area contributed by atoms with Crippen LogP contribution in [0, 0.1) is 20.2 Å². The zero-order chi connectivity index (χ0) is 35.3. The number of halogens is 1. The van der Waals surface area contributed by atoms with E-state index in [2.05, 4.69) is 4.99 Å². The number of nitro benzene ring substituents is 2. The molecule has 0 atom stereocenters. The van der Waals surface area contributed by atoms with Gasteiger partial charge in [-0.15, -0.1) is 0 Å². The Morgan fingerprint density at radius 1 is 0.766 bits per heavy atom. The minimum Gasteiger partial charge on any atom is -0.370 e. The molecule has 2 aliphatic rings. The van der Waals surface area contributed by atoms with Gasteiger partial charge in [0.05, 0.1) is 25.9 Å². The molecular weight excluding hydrogens is 678 g/mol. The van der Waals surface area contributed by atoms with Gasteiger partial charge in [-0.2, -0.15) is 4.99 Å². The Hall–Kier alpha value is -3.96. The first-order valence-electron chi connectivity index (χ1n) is 14.9. The summed E-state index contributed by atoms with van der Waals surface area (Å²) in [6, 6.07) is 4.38. The van der Waals surface area contributed by atoms with E-state index in [1.54, 1.807) is 13.8 Å². The number of sulfone groups is 2. The van der Waals surface area contributed by atoms with Crippen molar-refractivity contribution in [2.75, 3.05) is 0 Å². The van der Waals surface area contributed by atoms with Gasteiger partial charge in [-0.05, 0) is 73.4 Å². The topological polar surface area (TPSA) is 253 Å². The highest BCUT2D eigenvalue weighted by atomic mass is 35.5. The lowest BCUT2D eigenvalue weighted by atomic mass is 10.0. The van der Waals surface area contributed by atoms with Crippen molar-refractivity contribution in [1.82, 2.24) is 0 Å². The number of aryl methyl sites for hydroxylation is 2. The molecule has 2 saturated carbocycles. The normalized spacial score (nSPS) is 15.5. The molecule has 0 aliphatic heterocycles. The highest BCUT2D eigenvalue weighted by molar-refractivity contribution is 7.92. The third-order valence-electron chi connectivity index (χ3n) is 8.29. The van der Waals surface area contributed by atoms with Crippen LogP contribution in [-0.4, -0.2) is 54.3 Å². The number of hydrogen-bond donors (Lipinski definition) is 2. The first-order valence-corrected chi connectivity index (χ1v) is 18.4. The summed E-state index contributed by atoms with van der Waals surface area (Å²) in [6.45, 7) is 3.44. The molecular formula is C29H36ClN5O10S2. The molecule has 0 bridgehead atoms. The number of nitrogens with two attached hydrogens (primary N) is 2. The highest BCUT2D eigenvalue weighted by Crippen LogP contribution is 2.37. The standard InChI is InChI=1S/C15H20N4O5S.C14H16ClNO5S/c1-2-9-7-13(25(23,24)10-5-3-4-6-10)12(19(21)22)8-11(9)14(20)18-15(16)17;1-2-9-7-13(22(20,21)10-5-3-4-6-10)12(16(18)19)8-11(9)14(15)17/h7-8,10H,2-6H2,1H3,(H4,16,17,18,20);7-8,10H,2-6H2,1H3. The second kappa shape index (κ2) is 15.3. The van der Waals surface area contributed by atoms with E-state index in [-0.39, 0.29) is 20.9 Å². The average molecular weight is 714 g/mol. The predicted molar refractivity (Wildman–Crippen MR) is 174 cm³/mol. The van der Waals surface area contributed by atoms with Crippen molar-refractivity contribution in [2.45, 2.75) is 98.3 Å². The summed E-state index contributed by atoms with van der Waals surface area (Å²) >= 11 is 5.45. The molecule has 2 aromatic carbocycles. The molecule has 18 heteroatoms. The number of nitro groups is 2. The van der Waals surface area contributed by atoms with E-state index >= 15 is 0 Å². The van der Waals surface area contributed by atoms with Gasteiger partial charge in [0.15, 0.2) is 25.6 Å². The SMILES string of the molecule is CCc1cc(S(=O)(=O)C2CCCC2)c([N+](=O)[O-])cc1C(=O)Cl.CCc1cc(S(=O)(=O)C2CCCC2)c([N+](=O)[O-])cc1C(=O)N=C(N)N. The molecule has 0 spiro atoms. The van der Waals surface area contributed by atoms with Crippen LogP contribution in [-0.2, 0) is 32.5 Å². The largest absolute Gasteiger partial charge is 0.370 e. The van der Waals surface area contributed by atoms with Crippen LogP contribution in [0.5, 0.6) is 0 Å². The summed E-state index contributed by atoms with van der Waals surface area (Å²) in [7, 11) is -7.64. The van der Waals surface area contributed by atoms with Crippen LogP contribution in [0.3, 0.4) is 0 Å². The van der Waals surface area contributed by atoms with Gasteiger partial charge in [0.1, 0.15) is 9.79 Å². The van der Waals surface area contributed by atoms with Crippen molar-refractivity contribution in [3.63, 3.8) is 0 Å².